The number of allylic oxidation sites excluding steroid dienone is 1. The van der Waals surface area contributed by atoms with Gasteiger partial charge in [0.2, 0.25) is 0 Å². The number of nitrogens with one attached hydrogen (secondary N) is 2. The third-order valence-electron chi connectivity index (χ3n) is 0. The van der Waals surface area contributed by atoms with Crippen molar-refractivity contribution < 1.29 is 0 Å². The molecule has 0 radical (unpaired) electrons. The van der Waals surface area contributed by atoms with Gasteiger partial charge in [-0.3, -0.25) is 0 Å². The normalized spacial score (nSPS) is 3.50. The van der Waals surface area contributed by atoms with E-state index in [0.717, 1.165) is 0 Å². The zero-order valence-electron chi connectivity index (χ0n) is 3.78. The Morgan fingerprint density at radius 3 is 1.67 bits per heavy atom. The molecular formula is C4H8N2. The molecule has 0 aromatic heterocycles. The van der Waals surface area contributed by atoms with Gasteiger partial charge in [0.05, 0.1) is 6.01 Å². The van der Waals surface area contributed by atoms with Gasteiger partial charge in [0.25, 0.3) is 0 Å². The van der Waals surface area contributed by atoms with Gasteiger partial charge < -0.3 is 0 Å². The minimum atomic E-state index is 1.25. The van der Waals surface area contributed by atoms with Gasteiger partial charge in [-0.2, -0.15) is 0 Å². The van der Waals surface area contributed by atoms with Crippen LogP contribution in [-0.4, -0.2) is 6.01 Å². The van der Waals surface area contributed by atoms with Gasteiger partial charge in [0, 0.05) is 0 Å². The summed E-state index contributed by atoms with van der Waals surface area (Å²) in [4.78, 5) is 0. The molecule has 0 saturated heterocycles. The standard InChI is InChI=1S/C3H6.CH2N2/c1-3-2;2-1-3/h3H,1H2,2H3;2-3H. The lowest BCUT2D eigenvalue weighted by molar-refractivity contribution is 1.47. The first-order valence-electron chi connectivity index (χ1n) is 1.49. The highest BCUT2D eigenvalue weighted by atomic mass is 14.4. The van der Waals surface area contributed by atoms with Crippen LogP contribution in [0.15, 0.2) is 12.7 Å². The van der Waals surface area contributed by atoms with Crippen molar-refractivity contribution in [2.45, 2.75) is 6.92 Å². The van der Waals surface area contributed by atoms with Crippen LogP contribution in [0, 0.1) is 10.8 Å². The van der Waals surface area contributed by atoms with Crippen LogP contribution in [0.3, 0.4) is 0 Å². The van der Waals surface area contributed by atoms with E-state index in [-0.39, 0.29) is 0 Å². The molecule has 0 aliphatic rings. The lowest BCUT2D eigenvalue weighted by Gasteiger charge is -1.31. The quantitative estimate of drug-likeness (QED) is 0.330. The van der Waals surface area contributed by atoms with Crippen molar-refractivity contribution in [3.8, 4) is 0 Å². The fraction of sp³-hybridized carbons (Fsp3) is 0.250. The molecular weight excluding hydrogens is 76.1 g/mol. The van der Waals surface area contributed by atoms with Gasteiger partial charge in [-0.05, 0) is 6.92 Å². The van der Waals surface area contributed by atoms with Crippen LogP contribution >= 0.6 is 0 Å². The zero-order chi connectivity index (χ0) is 5.41. The van der Waals surface area contributed by atoms with E-state index in [2.05, 4.69) is 6.58 Å². The predicted octanol–water partition coefficient (Wildman–Crippen LogP) is 1.51. The van der Waals surface area contributed by atoms with Crippen molar-refractivity contribution in [2.75, 3.05) is 0 Å². The Balaban J connectivity index is 0. The van der Waals surface area contributed by atoms with Crippen LogP contribution in [0.25, 0.3) is 0 Å². The molecule has 34 valence electrons. The van der Waals surface area contributed by atoms with Crippen LogP contribution in [-0.2, 0) is 0 Å². The smallest absolute Gasteiger partial charge is 0.0831 e. The van der Waals surface area contributed by atoms with Crippen molar-refractivity contribution in [3.05, 3.63) is 12.7 Å². The van der Waals surface area contributed by atoms with Crippen LogP contribution in [0.4, 0.5) is 0 Å². The molecule has 0 saturated carbocycles. The summed E-state index contributed by atoms with van der Waals surface area (Å²) < 4.78 is 0. The summed E-state index contributed by atoms with van der Waals surface area (Å²) in [7, 11) is 0. The van der Waals surface area contributed by atoms with Crippen LogP contribution in [0.1, 0.15) is 6.92 Å². The average molecular weight is 84.1 g/mol. The monoisotopic (exact) mass is 84.1 g/mol. The van der Waals surface area contributed by atoms with Crippen molar-refractivity contribution >= 4 is 6.01 Å². The summed E-state index contributed by atoms with van der Waals surface area (Å²) in [6.45, 7) is 5.25. The summed E-state index contributed by atoms with van der Waals surface area (Å²) in [5.41, 5.74) is 0. The first kappa shape index (κ1) is 8.93. The van der Waals surface area contributed by atoms with Gasteiger partial charge in [0.1, 0.15) is 0 Å². The lowest BCUT2D eigenvalue weighted by atomic mass is 10.8. The van der Waals surface area contributed by atoms with E-state index in [4.69, 9.17) is 10.8 Å². The Morgan fingerprint density at radius 1 is 1.67 bits per heavy atom. The first-order chi connectivity index (χ1) is 2.83. The fourth-order valence-electron chi connectivity index (χ4n) is 0. The van der Waals surface area contributed by atoms with Crippen LogP contribution in [0.2, 0.25) is 0 Å². The summed E-state index contributed by atoms with van der Waals surface area (Å²) in [6.07, 6.45) is 1.75. The molecule has 0 spiro atoms. The largest absolute Gasteiger partial charge is 0.242 e. The van der Waals surface area contributed by atoms with E-state index < -0.39 is 0 Å². The van der Waals surface area contributed by atoms with E-state index >= 15 is 0 Å². The van der Waals surface area contributed by atoms with E-state index in [1.165, 1.54) is 6.01 Å². The Labute approximate surface area is 37.5 Å². The van der Waals surface area contributed by atoms with Gasteiger partial charge in [0.15, 0.2) is 0 Å². The molecule has 0 bridgehead atoms. The molecule has 0 aliphatic carbocycles. The van der Waals surface area contributed by atoms with Gasteiger partial charge in [-0.15, -0.1) is 6.58 Å². The van der Waals surface area contributed by atoms with E-state index in [0.29, 0.717) is 0 Å². The second-order valence-electron chi connectivity index (χ2n) is 0.533. The first-order valence-corrected chi connectivity index (χ1v) is 1.49. The molecule has 0 aromatic carbocycles. The van der Waals surface area contributed by atoms with Gasteiger partial charge in [-0.25, -0.2) is 10.8 Å². The zero-order valence-corrected chi connectivity index (χ0v) is 3.78. The third-order valence-corrected chi connectivity index (χ3v) is 0. The summed E-state index contributed by atoms with van der Waals surface area (Å²) in [5.74, 6) is 0. The average Bonchev–Trinajstić information content (AvgIpc) is 1.39. The molecule has 0 atom stereocenters. The van der Waals surface area contributed by atoms with Gasteiger partial charge in [-0.1, -0.05) is 6.08 Å². The highest BCUT2D eigenvalue weighted by Gasteiger charge is 1.15. The number of hydrogen-bond donors (Lipinski definition) is 2. The van der Waals surface area contributed by atoms with Crippen molar-refractivity contribution in [2.24, 2.45) is 0 Å². The molecule has 2 N–H and O–H groups in total. The molecule has 0 aromatic rings. The topological polar surface area (TPSA) is 47.7 Å². The second kappa shape index (κ2) is 32.0. The van der Waals surface area contributed by atoms with Crippen molar-refractivity contribution in [1.29, 1.82) is 10.8 Å². The molecule has 2 heteroatoms. The van der Waals surface area contributed by atoms with E-state index in [9.17, 15) is 0 Å². The SMILES string of the molecule is C=CC.N=C=N. The summed E-state index contributed by atoms with van der Waals surface area (Å²) in [6, 6.07) is 1.25. The van der Waals surface area contributed by atoms with Crippen molar-refractivity contribution in [3.63, 3.8) is 0 Å². The molecule has 0 aliphatic heterocycles. The number of rotatable bonds is 0. The Hall–Kier alpha value is -0.880. The molecule has 0 amide bonds. The molecule has 6 heavy (non-hydrogen) atoms. The minimum Gasteiger partial charge on any atom is -0.242 e. The third kappa shape index (κ3) is 18.1. The second-order valence-corrected chi connectivity index (χ2v) is 0.533. The number of hydrogen-bond acceptors (Lipinski definition) is 2. The molecule has 0 unspecified atom stereocenters. The molecule has 2 nitrogen and oxygen atoms in total. The summed E-state index contributed by atoms with van der Waals surface area (Å²) in [5, 5.41) is 11.2. The van der Waals surface area contributed by atoms with E-state index in [1.807, 2.05) is 6.92 Å². The van der Waals surface area contributed by atoms with Crippen LogP contribution < -0.4 is 0 Å². The summed E-state index contributed by atoms with van der Waals surface area (Å²) >= 11 is 0. The highest BCUT2D eigenvalue weighted by molar-refractivity contribution is 5.29. The lowest BCUT2D eigenvalue weighted by Crippen LogP contribution is -1.11. The van der Waals surface area contributed by atoms with Gasteiger partial charge >= 0.3 is 0 Å². The maximum atomic E-state index is 5.62. The maximum Gasteiger partial charge on any atom is 0.0831 e. The molecule has 0 rings (SSSR count). The minimum absolute atomic E-state index is 1.25. The molecule has 0 heterocycles. The fourth-order valence-corrected chi connectivity index (χ4v) is 0. The maximum absolute atomic E-state index is 5.62. The Morgan fingerprint density at radius 2 is 1.67 bits per heavy atom. The highest BCUT2D eigenvalue weighted by Crippen LogP contribution is 1.38. The van der Waals surface area contributed by atoms with Crippen molar-refractivity contribution in [1.82, 2.24) is 0 Å². The van der Waals surface area contributed by atoms with E-state index in [1.54, 1.807) is 6.08 Å². The Bertz CT molecular complexity index is 50.6. The van der Waals surface area contributed by atoms with Crippen LogP contribution in [0.5, 0.6) is 0 Å². The predicted molar refractivity (Wildman–Crippen MR) is 26.3 cm³/mol. The molecule has 0 fully saturated rings. The Kier molecular flexibility index (Phi) is 47.6.